The van der Waals surface area contributed by atoms with Gasteiger partial charge in [0, 0.05) is 13.1 Å². The SMILES string of the molecule is COc1ccc2nc(CN)n(C)c2c1. The van der Waals surface area contributed by atoms with Crippen LogP contribution in [0.1, 0.15) is 5.82 Å². The third-order valence-electron chi connectivity index (χ3n) is 2.36. The molecule has 1 aromatic carbocycles. The lowest BCUT2D eigenvalue weighted by molar-refractivity contribution is 0.415. The van der Waals surface area contributed by atoms with Crippen LogP contribution in [0.25, 0.3) is 11.0 Å². The third-order valence-corrected chi connectivity index (χ3v) is 2.36. The zero-order valence-corrected chi connectivity index (χ0v) is 8.32. The summed E-state index contributed by atoms with van der Waals surface area (Å²) in [4.78, 5) is 4.39. The summed E-state index contributed by atoms with van der Waals surface area (Å²) in [5.41, 5.74) is 7.57. The highest BCUT2D eigenvalue weighted by Gasteiger charge is 2.06. The van der Waals surface area contributed by atoms with Gasteiger partial charge in [-0.05, 0) is 12.1 Å². The van der Waals surface area contributed by atoms with Crippen molar-refractivity contribution in [1.29, 1.82) is 0 Å². The van der Waals surface area contributed by atoms with Gasteiger partial charge in [-0.1, -0.05) is 0 Å². The number of hydrogen-bond acceptors (Lipinski definition) is 3. The smallest absolute Gasteiger partial charge is 0.123 e. The van der Waals surface area contributed by atoms with Gasteiger partial charge in [0.25, 0.3) is 0 Å². The van der Waals surface area contributed by atoms with E-state index in [1.807, 2.05) is 29.8 Å². The van der Waals surface area contributed by atoms with Crippen molar-refractivity contribution in [2.75, 3.05) is 7.11 Å². The monoisotopic (exact) mass is 191 g/mol. The van der Waals surface area contributed by atoms with Gasteiger partial charge in [0.15, 0.2) is 0 Å². The van der Waals surface area contributed by atoms with Crippen LogP contribution in [-0.2, 0) is 13.6 Å². The van der Waals surface area contributed by atoms with Crippen molar-refractivity contribution in [1.82, 2.24) is 9.55 Å². The number of aromatic nitrogens is 2. The maximum absolute atomic E-state index is 5.57. The number of aryl methyl sites for hydroxylation is 1. The van der Waals surface area contributed by atoms with Crippen LogP contribution in [0.5, 0.6) is 5.75 Å². The first-order chi connectivity index (χ1) is 6.76. The van der Waals surface area contributed by atoms with E-state index in [2.05, 4.69) is 4.98 Å². The van der Waals surface area contributed by atoms with E-state index in [0.29, 0.717) is 6.54 Å². The van der Waals surface area contributed by atoms with Crippen molar-refractivity contribution in [3.05, 3.63) is 24.0 Å². The quantitative estimate of drug-likeness (QED) is 0.771. The molecule has 74 valence electrons. The van der Waals surface area contributed by atoms with Crippen LogP contribution in [0.15, 0.2) is 18.2 Å². The second kappa shape index (κ2) is 3.31. The van der Waals surface area contributed by atoms with Crippen LogP contribution in [0.2, 0.25) is 0 Å². The molecule has 0 aliphatic heterocycles. The number of nitrogens with zero attached hydrogens (tertiary/aromatic N) is 2. The van der Waals surface area contributed by atoms with Crippen molar-refractivity contribution >= 4 is 11.0 Å². The molecule has 0 unspecified atom stereocenters. The molecule has 0 spiro atoms. The van der Waals surface area contributed by atoms with E-state index in [1.165, 1.54) is 0 Å². The van der Waals surface area contributed by atoms with Crippen molar-refractivity contribution in [2.24, 2.45) is 12.8 Å². The van der Waals surface area contributed by atoms with Gasteiger partial charge in [0.05, 0.1) is 24.7 Å². The molecule has 14 heavy (non-hydrogen) atoms. The molecule has 2 N–H and O–H groups in total. The van der Waals surface area contributed by atoms with Gasteiger partial charge >= 0.3 is 0 Å². The summed E-state index contributed by atoms with van der Waals surface area (Å²) in [6.07, 6.45) is 0. The predicted octanol–water partition coefficient (Wildman–Crippen LogP) is 1.04. The third kappa shape index (κ3) is 1.24. The Bertz CT molecular complexity index is 462. The number of ether oxygens (including phenoxy) is 1. The molecule has 4 nitrogen and oxygen atoms in total. The van der Waals surface area contributed by atoms with Crippen molar-refractivity contribution in [3.63, 3.8) is 0 Å². The van der Waals surface area contributed by atoms with Crippen LogP contribution >= 0.6 is 0 Å². The Morgan fingerprint density at radius 1 is 1.50 bits per heavy atom. The van der Waals surface area contributed by atoms with Gasteiger partial charge in [-0.3, -0.25) is 0 Å². The molecular weight excluding hydrogens is 178 g/mol. The van der Waals surface area contributed by atoms with E-state index in [0.717, 1.165) is 22.6 Å². The Kier molecular flexibility index (Phi) is 2.13. The maximum Gasteiger partial charge on any atom is 0.123 e. The molecule has 4 heteroatoms. The summed E-state index contributed by atoms with van der Waals surface area (Å²) in [5.74, 6) is 1.72. The Balaban J connectivity index is 2.68. The predicted molar refractivity (Wildman–Crippen MR) is 55.2 cm³/mol. The molecule has 0 radical (unpaired) electrons. The lowest BCUT2D eigenvalue weighted by atomic mass is 10.3. The summed E-state index contributed by atoms with van der Waals surface area (Å²) >= 11 is 0. The van der Waals surface area contributed by atoms with Crippen LogP contribution < -0.4 is 10.5 Å². The molecule has 2 aromatic rings. The molecule has 0 atom stereocenters. The normalized spacial score (nSPS) is 10.8. The fraction of sp³-hybridized carbons (Fsp3) is 0.300. The molecule has 0 saturated heterocycles. The van der Waals surface area contributed by atoms with Crippen LogP contribution in [0.4, 0.5) is 0 Å². The molecule has 0 bridgehead atoms. The molecule has 0 aliphatic rings. The summed E-state index contributed by atoms with van der Waals surface area (Å²) < 4.78 is 7.13. The van der Waals surface area contributed by atoms with E-state index in [-0.39, 0.29) is 0 Å². The highest BCUT2D eigenvalue weighted by atomic mass is 16.5. The number of benzene rings is 1. The van der Waals surface area contributed by atoms with E-state index in [9.17, 15) is 0 Å². The van der Waals surface area contributed by atoms with Gasteiger partial charge in [0.2, 0.25) is 0 Å². The molecule has 0 saturated carbocycles. The molecule has 0 aliphatic carbocycles. The largest absolute Gasteiger partial charge is 0.497 e. The Labute approximate surface area is 82.3 Å². The second-order valence-electron chi connectivity index (χ2n) is 3.15. The minimum Gasteiger partial charge on any atom is -0.497 e. The van der Waals surface area contributed by atoms with Gasteiger partial charge < -0.3 is 15.0 Å². The Morgan fingerprint density at radius 3 is 2.93 bits per heavy atom. The summed E-state index contributed by atoms with van der Waals surface area (Å²) in [6, 6.07) is 5.80. The number of fused-ring (bicyclic) bond motifs is 1. The van der Waals surface area contributed by atoms with E-state index in [4.69, 9.17) is 10.5 Å². The average molecular weight is 191 g/mol. The van der Waals surface area contributed by atoms with Crippen molar-refractivity contribution in [2.45, 2.75) is 6.54 Å². The number of nitrogens with two attached hydrogens (primary N) is 1. The maximum atomic E-state index is 5.57. The fourth-order valence-electron chi connectivity index (χ4n) is 1.53. The summed E-state index contributed by atoms with van der Waals surface area (Å²) in [7, 11) is 3.61. The first-order valence-corrected chi connectivity index (χ1v) is 4.45. The zero-order valence-electron chi connectivity index (χ0n) is 8.32. The van der Waals surface area contributed by atoms with Gasteiger partial charge in [-0.2, -0.15) is 0 Å². The number of imidazole rings is 1. The van der Waals surface area contributed by atoms with E-state index >= 15 is 0 Å². The molecule has 1 aromatic heterocycles. The average Bonchev–Trinajstić information content (AvgIpc) is 2.55. The van der Waals surface area contributed by atoms with Crippen LogP contribution in [-0.4, -0.2) is 16.7 Å². The minimum absolute atomic E-state index is 0.452. The molecular formula is C10H13N3O. The highest BCUT2D eigenvalue weighted by Crippen LogP contribution is 2.20. The molecule has 0 fully saturated rings. The Hall–Kier alpha value is -1.55. The van der Waals surface area contributed by atoms with Crippen molar-refractivity contribution in [3.8, 4) is 5.75 Å². The molecule has 2 rings (SSSR count). The fourth-order valence-corrected chi connectivity index (χ4v) is 1.53. The Morgan fingerprint density at radius 2 is 2.29 bits per heavy atom. The lowest BCUT2D eigenvalue weighted by Gasteiger charge is -2.00. The number of hydrogen-bond donors (Lipinski definition) is 1. The summed E-state index contributed by atoms with van der Waals surface area (Å²) in [6.45, 7) is 0.452. The lowest BCUT2D eigenvalue weighted by Crippen LogP contribution is -2.04. The van der Waals surface area contributed by atoms with Gasteiger partial charge in [0.1, 0.15) is 11.6 Å². The number of rotatable bonds is 2. The standard InChI is InChI=1S/C10H13N3O/c1-13-9-5-7(14-2)3-4-8(9)12-10(13)6-11/h3-5H,6,11H2,1-2H3. The highest BCUT2D eigenvalue weighted by molar-refractivity contribution is 5.77. The van der Waals surface area contributed by atoms with Crippen LogP contribution in [0, 0.1) is 0 Å². The van der Waals surface area contributed by atoms with Crippen LogP contribution in [0.3, 0.4) is 0 Å². The van der Waals surface area contributed by atoms with E-state index < -0.39 is 0 Å². The van der Waals surface area contributed by atoms with Gasteiger partial charge in [-0.15, -0.1) is 0 Å². The number of methoxy groups -OCH3 is 1. The molecule has 0 amide bonds. The van der Waals surface area contributed by atoms with Crippen molar-refractivity contribution < 1.29 is 4.74 Å². The topological polar surface area (TPSA) is 53.1 Å². The minimum atomic E-state index is 0.452. The summed E-state index contributed by atoms with van der Waals surface area (Å²) in [5, 5.41) is 0. The van der Waals surface area contributed by atoms with E-state index in [1.54, 1.807) is 7.11 Å². The zero-order chi connectivity index (χ0) is 10.1. The van der Waals surface area contributed by atoms with Gasteiger partial charge in [-0.25, -0.2) is 4.98 Å². The second-order valence-corrected chi connectivity index (χ2v) is 3.15. The first-order valence-electron chi connectivity index (χ1n) is 4.45. The first kappa shape index (κ1) is 9.02. The molecule has 1 heterocycles.